The normalized spacial score (nSPS) is 10.6. The minimum absolute atomic E-state index is 0.0737. The fraction of sp³-hybridized carbons (Fsp3) is 0.526. The molecular weight excluding hydrogens is 292 g/mol. The summed E-state index contributed by atoms with van der Waals surface area (Å²) >= 11 is 0. The number of benzene rings is 1. The van der Waals surface area contributed by atoms with Crippen molar-refractivity contribution in [1.29, 1.82) is 0 Å². The first-order valence-corrected chi connectivity index (χ1v) is 8.31. The van der Waals surface area contributed by atoms with Crippen LogP contribution in [0.3, 0.4) is 0 Å². The second-order valence-corrected chi connectivity index (χ2v) is 6.19. The number of carbonyl (C=O) groups is 1. The van der Waals surface area contributed by atoms with Gasteiger partial charge in [0.25, 0.3) is 0 Å². The molecule has 128 valence electrons. The van der Waals surface area contributed by atoms with Crippen LogP contribution in [-0.2, 0) is 6.42 Å². The summed E-state index contributed by atoms with van der Waals surface area (Å²) in [6.07, 6.45) is 7.53. The van der Waals surface area contributed by atoms with E-state index in [1.807, 2.05) is 19.9 Å². The Kier molecular flexibility index (Phi) is 7.66. The summed E-state index contributed by atoms with van der Waals surface area (Å²) in [6.45, 7) is 5.96. The molecule has 1 rings (SSSR count). The fourth-order valence-corrected chi connectivity index (χ4v) is 2.48. The van der Waals surface area contributed by atoms with Gasteiger partial charge in [0.05, 0.1) is 0 Å². The Bertz CT molecular complexity index is 569. The lowest BCUT2D eigenvalue weighted by Gasteiger charge is -2.12. The van der Waals surface area contributed by atoms with Gasteiger partial charge in [0.1, 0.15) is 22.8 Å². The summed E-state index contributed by atoms with van der Waals surface area (Å²) in [5.74, 6) is -1.15. The van der Waals surface area contributed by atoms with E-state index >= 15 is 0 Å². The Morgan fingerprint density at radius 3 is 2.30 bits per heavy atom. The van der Waals surface area contributed by atoms with Crippen molar-refractivity contribution in [2.45, 2.75) is 65.7 Å². The van der Waals surface area contributed by atoms with Gasteiger partial charge < -0.3 is 15.3 Å². The van der Waals surface area contributed by atoms with Gasteiger partial charge in [-0.2, -0.15) is 0 Å². The number of hydrogen-bond acceptors (Lipinski definition) is 4. The second-order valence-electron chi connectivity index (χ2n) is 6.19. The maximum absolute atomic E-state index is 12.3. The van der Waals surface area contributed by atoms with Gasteiger partial charge in [0, 0.05) is 18.1 Å². The van der Waals surface area contributed by atoms with Crippen LogP contribution in [0.5, 0.6) is 17.2 Å². The van der Waals surface area contributed by atoms with Crippen LogP contribution in [0.4, 0.5) is 0 Å². The molecule has 0 fully saturated rings. The van der Waals surface area contributed by atoms with Crippen LogP contribution in [-0.4, -0.2) is 21.1 Å². The topological polar surface area (TPSA) is 77.8 Å². The lowest BCUT2D eigenvalue weighted by molar-refractivity contribution is 0.0973. The Balaban J connectivity index is 2.90. The van der Waals surface area contributed by atoms with E-state index in [9.17, 15) is 20.1 Å². The predicted octanol–water partition coefficient (Wildman–Crippen LogP) is 4.86. The van der Waals surface area contributed by atoms with Crippen LogP contribution in [0, 0.1) is 0 Å². The van der Waals surface area contributed by atoms with Gasteiger partial charge in [-0.3, -0.25) is 4.79 Å². The number of rotatable bonds is 9. The highest BCUT2D eigenvalue weighted by molar-refractivity contribution is 6.01. The first kappa shape index (κ1) is 19.1. The largest absolute Gasteiger partial charge is 0.507 e. The van der Waals surface area contributed by atoms with Gasteiger partial charge in [-0.1, -0.05) is 44.3 Å². The number of Topliss-reactive ketones (excluding diaryl/α,β-unsaturated/α-hetero) is 1. The second kappa shape index (κ2) is 9.23. The summed E-state index contributed by atoms with van der Waals surface area (Å²) in [6, 6.07) is 1.14. The standard InChI is InChI=1S/C19H28O4/c1-4-5-6-7-8-9-15(20)18-17(22)12-16(21)14(19(18)23)11-10-13(2)3/h10,12,21-23H,4-9,11H2,1-3H3. The Labute approximate surface area is 138 Å². The van der Waals surface area contributed by atoms with Crippen molar-refractivity contribution in [3.8, 4) is 17.2 Å². The number of aromatic hydroxyl groups is 3. The SMILES string of the molecule is CCCCCCCC(=O)c1c(O)cc(O)c(CC=C(C)C)c1O. The quantitative estimate of drug-likeness (QED) is 0.345. The van der Waals surface area contributed by atoms with Crippen molar-refractivity contribution in [1.82, 2.24) is 0 Å². The maximum atomic E-state index is 12.3. The number of phenols is 3. The molecular formula is C19H28O4. The molecule has 0 bridgehead atoms. The Morgan fingerprint density at radius 2 is 1.70 bits per heavy atom. The number of unbranched alkanes of at least 4 members (excludes halogenated alkanes) is 4. The molecule has 4 heteroatoms. The Morgan fingerprint density at radius 1 is 1.04 bits per heavy atom. The first-order chi connectivity index (χ1) is 10.9. The Hall–Kier alpha value is -1.97. The monoisotopic (exact) mass is 320 g/mol. The molecule has 0 saturated carbocycles. The molecule has 1 aromatic carbocycles. The molecule has 4 nitrogen and oxygen atoms in total. The van der Waals surface area contributed by atoms with Gasteiger partial charge in [-0.15, -0.1) is 0 Å². The third-order valence-electron chi connectivity index (χ3n) is 3.86. The summed E-state index contributed by atoms with van der Waals surface area (Å²) in [7, 11) is 0. The molecule has 23 heavy (non-hydrogen) atoms. The van der Waals surface area contributed by atoms with Crippen molar-refractivity contribution in [2.75, 3.05) is 0 Å². The average molecular weight is 320 g/mol. The summed E-state index contributed by atoms with van der Waals surface area (Å²) in [4.78, 5) is 12.3. The smallest absolute Gasteiger partial charge is 0.170 e. The number of phenolic OH excluding ortho intramolecular Hbond substituents is 3. The molecule has 0 unspecified atom stereocenters. The highest BCUT2D eigenvalue weighted by Crippen LogP contribution is 2.38. The predicted molar refractivity (Wildman–Crippen MR) is 92.3 cm³/mol. The molecule has 0 amide bonds. The zero-order valence-corrected chi connectivity index (χ0v) is 14.4. The van der Waals surface area contributed by atoms with Gasteiger partial charge >= 0.3 is 0 Å². The molecule has 0 aliphatic rings. The molecule has 0 aliphatic heterocycles. The van der Waals surface area contributed by atoms with Crippen molar-refractivity contribution in [3.63, 3.8) is 0 Å². The highest BCUT2D eigenvalue weighted by Gasteiger charge is 2.21. The number of carbonyl (C=O) groups excluding carboxylic acids is 1. The molecule has 3 N–H and O–H groups in total. The van der Waals surface area contributed by atoms with Crippen molar-refractivity contribution >= 4 is 5.78 Å². The van der Waals surface area contributed by atoms with Gasteiger partial charge in [0.2, 0.25) is 0 Å². The average Bonchev–Trinajstić information content (AvgIpc) is 2.46. The molecule has 1 aromatic rings. The van der Waals surface area contributed by atoms with Gasteiger partial charge in [-0.25, -0.2) is 0 Å². The van der Waals surface area contributed by atoms with E-state index in [1.165, 1.54) is 0 Å². The van der Waals surface area contributed by atoms with Crippen LogP contribution in [0.15, 0.2) is 17.7 Å². The van der Waals surface area contributed by atoms with Crippen LogP contribution in [0.1, 0.15) is 75.2 Å². The van der Waals surface area contributed by atoms with E-state index < -0.39 is 0 Å². The highest BCUT2D eigenvalue weighted by atomic mass is 16.3. The first-order valence-electron chi connectivity index (χ1n) is 8.31. The molecule has 0 heterocycles. The molecule has 0 aromatic heterocycles. The minimum Gasteiger partial charge on any atom is -0.507 e. The van der Waals surface area contributed by atoms with Crippen molar-refractivity contribution < 1.29 is 20.1 Å². The zero-order valence-electron chi connectivity index (χ0n) is 14.4. The third kappa shape index (κ3) is 5.62. The van der Waals surface area contributed by atoms with Crippen LogP contribution >= 0.6 is 0 Å². The number of allylic oxidation sites excluding steroid dienone is 2. The lowest BCUT2D eigenvalue weighted by atomic mass is 9.97. The molecule has 0 spiro atoms. The molecule has 0 saturated heterocycles. The number of ketones is 1. The summed E-state index contributed by atoms with van der Waals surface area (Å²) in [5, 5.41) is 30.1. The van der Waals surface area contributed by atoms with Crippen molar-refractivity contribution in [3.05, 3.63) is 28.8 Å². The molecule has 0 atom stereocenters. The third-order valence-corrected chi connectivity index (χ3v) is 3.86. The summed E-state index contributed by atoms with van der Waals surface area (Å²) in [5.41, 5.74) is 1.24. The van der Waals surface area contributed by atoms with E-state index in [-0.39, 0.29) is 40.6 Å². The van der Waals surface area contributed by atoms with Crippen LogP contribution < -0.4 is 0 Å². The van der Waals surface area contributed by atoms with E-state index in [2.05, 4.69) is 6.92 Å². The fourth-order valence-electron chi connectivity index (χ4n) is 2.48. The van der Waals surface area contributed by atoms with E-state index in [1.54, 1.807) is 0 Å². The number of hydrogen-bond donors (Lipinski definition) is 3. The van der Waals surface area contributed by atoms with Crippen LogP contribution in [0.2, 0.25) is 0 Å². The van der Waals surface area contributed by atoms with Crippen molar-refractivity contribution in [2.24, 2.45) is 0 Å². The molecule has 0 aliphatic carbocycles. The lowest BCUT2D eigenvalue weighted by Crippen LogP contribution is -2.02. The zero-order chi connectivity index (χ0) is 17.4. The van der Waals surface area contributed by atoms with E-state index in [4.69, 9.17) is 0 Å². The maximum Gasteiger partial charge on any atom is 0.170 e. The van der Waals surface area contributed by atoms with E-state index in [0.717, 1.165) is 43.7 Å². The van der Waals surface area contributed by atoms with Gasteiger partial charge in [0.15, 0.2) is 5.78 Å². The van der Waals surface area contributed by atoms with Gasteiger partial charge in [-0.05, 0) is 26.7 Å². The van der Waals surface area contributed by atoms with E-state index in [0.29, 0.717) is 6.42 Å². The van der Waals surface area contributed by atoms with Crippen LogP contribution in [0.25, 0.3) is 0 Å². The summed E-state index contributed by atoms with van der Waals surface area (Å²) < 4.78 is 0. The minimum atomic E-state index is -0.362. The molecule has 0 radical (unpaired) electrons.